The van der Waals surface area contributed by atoms with Crippen LogP contribution >= 0.6 is 15.9 Å². The molecule has 5 heteroatoms. The molecular formula is C10H13BrN2O2. The summed E-state index contributed by atoms with van der Waals surface area (Å²) in [5.74, 6) is -0.220. The first-order valence-corrected chi connectivity index (χ1v) is 5.87. The Balaban J connectivity index is 1.97. The third-order valence-electron chi connectivity index (χ3n) is 2.91. The fourth-order valence-corrected chi connectivity index (χ4v) is 2.58. The van der Waals surface area contributed by atoms with Crippen molar-refractivity contribution in [2.45, 2.75) is 32.2 Å². The van der Waals surface area contributed by atoms with Crippen LogP contribution in [0.5, 0.6) is 0 Å². The number of carboxylic acid groups (broad SMARTS) is 1. The van der Waals surface area contributed by atoms with Crippen LogP contribution in [-0.2, 0) is 17.8 Å². The highest BCUT2D eigenvalue weighted by Crippen LogP contribution is 2.27. The molecule has 4 nitrogen and oxygen atoms in total. The number of hydrogen-bond donors (Lipinski definition) is 1. The smallest absolute Gasteiger partial charge is 0.303 e. The molecule has 0 bridgehead atoms. The number of aromatic nitrogens is 2. The zero-order valence-electron chi connectivity index (χ0n) is 8.32. The molecule has 0 aromatic carbocycles. The summed E-state index contributed by atoms with van der Waals surface area (Å²) in [4.78, 5) is 14.7. The van der Waals surface area contributed by atoms with Crippen molar-refractivity contribution in [3.63, 3.8) is 0 Å². The van der Waals surface area contributed by atoms with Crippen LogP contribution in [0.4, 0.5) is 0 Å². The predicted molar refractivity (Wildman–Crippen MR) is 58.6 cm³/mol. The van der Waals surface area contributed by atoms with Gasteiger partial charge >= 0.3 is 5.97 Å². The molecule has 2 heterocycles. The molecule has 1 atom stereocenters. The van der Waals surface area contributed by atoms with E-state index in [-0.39, 0.29) is 6.42 Å². The number of fused-ring (bicyclic) bond motifs is 1. The predicted octanol–water partition coefficient (Wildman–Crippen LogP) is 2.07. The number of imidazole rings is 1. The topological polar surface area (TPSA) is 55.1 Å². The van der Waals surface area contributed by atoms with E-state index in [1.54, 1.807) is 0 Å². The van der Waals surface area contributed by atoms with E-state index in [4.69, 9.17) is 5.11 Å². The molecule has 0 radical (unpaired) electrons. The quantitative estimate of drug-likeness (QED) is 0.917. The molecule has 1 aromatic heterocycles. The van der Waals surface area contributed by atoms with E-state index in [1.807, 2.05) is 6.33 Å². The fourth-order valence-electron chi connectivity index (χ4n) is 2.06. The van der Waals surface area contributed by atoms with Gasteiger partial charge < -0.3 is 9.67 Å². The van der Waals surface area contributed by atoms with E-state index in [0.717, 1.165) is 30.4 Å². The minimum absolute atomic E-state index is 0.274. The van der Waals surface area contributed by atoms with E-state index in [1.165, 1.54) is 5.69 Å². The van der Waals surface area contributed by atoms with Crippen molar-refractivity contribution in [3.05, 3.63) is 16.6 Å². The van der Waals surface area contributed by atoms with Gasteiger partial charge in [0.05, 0.1) is 12.0 Å². The third kappa shape index (κ3) is 2.40. The van der Waals surface area contributed by atoms with E-state index < -0.39 is 5.97 Å². The minimum atomic E-state index is -0.701. The SMILES string of the molecule is O=C(O)CCC1CCc2c(Br)ncn2C1. The van der Waals surface area contributed by atoms with Crippen LogP contribution in [0.15, 0.2) is 10.9 Å². The summed E-state index contributed by atoms with van der Waals surface area (Å²) in [6.07, 6.45) is 4.93. The van der Waals surface area contributed by atoms with Gasteiger partial charge in [-0.15, -0.1) is 0 Å². The maximum Gasteiger partial charge on any atom is 0.303 e. The van der Waals surface area contributed by atoms with Gasteiger partial charge in [-0.25, -0.2) is 4.98 Å². The number of halogens is 1. The van der Waals surface area contributed by atoms with Crippen molar-refractivity contribution in [1.29, 1.82) is 0 Å². The second-order valence-corrected chi connectivity index (χ2v) is 4.72. The molecule has 0 aliphatic carbocycles. The average Bonchev–Trinajstić information content (AvgIpc) is 2.57. The fraction of sp³-hybridized carbons (Fsp3) is 0.600. The maximum absolute atomic E-state index is 10.5. The van der Waals surface area contributed by atoms with Crippen LogP contribution in [0.1, 0.15) is 25.0 Å². The monoisotopic (exact) mass is 272 g/mol. The second kappa shape index (κ2) is 4.35. The van der Waals surface area contributed by atoms with E-state index in [0.29, 0.717) is 5.92 Å². The summed E-state index contributed by atoms with van der Waals surface area (Å²) < 4.78 is 3.05. The van der Waals surface area contributed by atoms with Gasteiger partial charge in [-0.05, 0) is 41.1 Å². The molecule has 1 aliphatic rings. The molecule has 0 spiro atoms. The lowest BCUT2D eigenvalue weighted by Gasteiger charge is -2.23. The largest absolute Gasteiger partial charge is 0.481 e. The Morgan fingerprint density at radius 1 is 1.73 bits per heavy atom. The first-order chi connectivity index (χ1) is 7.16. The van der Waals surface area contributed by atoms with E-state index in [2.05, 4.69) is 25.5 Å². The molecule has 0 saturated carbocycles. The van der Waals surface area contributed by atoms with Crippen LogP contribution in [0.25, 0.3) is 0 Å². The van der Waals surface area contributed by atoms with Crippen LogP contribution < -0.4 is 0 Å². The molecule has 0 fully saturated rings. The lowest BCUT2D eigenvalue weighted by molar-refractivity contribution is -0.137. The van der Waals surface area contributed by atoms with E-state index >= 15 is 0 Å². The number of carboxylic acids is 1. The van der Waals surface area contributed by atoms with Gasteiger partial charge in [0.1, 0.15) is 4.60 Å². The van der Waals surface area contributed by atoms with Gasteiger partial charge in [-0.3, -0.25) is 4.79 Å². The molecule has 0 saturated heterocycles. The number of nitrogens with zero attached hydrogens (tertiary/aromatic N) is 2. The zero-order chi connectivity index (χ0) is 10.8. The number of hydrogen-bond acceptors (Lipinski definition) is 2. The Morgan fingerprint density at radius 2 is 2.53 bits per heavy atom. The number of aliphatic carboxylic acids is 1. The van der Waals surface area contributed by atoms with Gasteiger partial charge in [0, 0.05) is 13.0 Å². The maximum atomic E-state index is 10.5. The summed E-state index contributed by atoms with van der Waals surface area (Å²) in [6.45, 7) is 0.904. The van der Waals surface area contributed by atoms with Crippen molar-refractivity contribution in [1.82, 2.24) is 9.55 Å². The van der Waals surface area contributed by atoms with Crippen LogP contribution in [0.3, 0.4) is 0 Å². The number of rotatable bonds is 3. The Labute approximate surface area is 96.4 Å². The lowest BCUT2D eigenvalue weighted by Crippen LogP contribution is -2.20. The number of carbonyl (C=O) groups is 1. The molecule has 2 rings (SSSR count). The normalized spacial score (nSPS) is 19.9. The van der Waals surface area contributed by atoms with Gasteiger partial charge in [0.2, 0.25) is 0 Å². The van der Waals surface area contributed by atoms with Gasteiger partial charge in [-0.1, -0.05) is 0 Å². The van der Waals surface area contributed by atoms with Crippen molar-refractivity contribution in [2.75, 3.05) is 0 Å². The molecule has 1 unspecified atom stereocenters. The lowest BCUT2D eigenvalue weighted by atomic mass is 9.94. The summed E-state index contributed by atoms with van der Waals surface area (Å²) >= 11 is 3.41. The first-order valence-electron chi connectivity index (χ1n) is 5.08. The van der Waals surface area contributed by atoms with Crippen LogP contribution in [-0.4, -0.2) is 20.6 Å². The molecule has 1 N–H and O–H groups in total. The second-order valence-electron chi connectivity index (χ2n) is 3.97. The Bertz CT molecular complexity index is 375. The minimum Gasteiger partial charge on any atom is -0.481 e. The highest BCUT2D eigenvalue weighted by Gasteiger charge is 2.21. The van der Waals surface area contributed by atoms with Gasteiger partial charge in [-0.2, -0.15) is 0 Å². The van der Waals surface area contributed by atoms with Crippen molar-refractivity contribution in [2.24, 2.45) is 5.92 Å². The van der Waals surface area contributed by atoms with Crippen LogP contribution in [0, 0.1) is 5.92 Å². The van der Waals surface area contributed by atoms with Crippen molar-refractivity contribution in [3.8, 4) is 0 Å². The first kappa shape index (κ1) is 10.7. The highest BCUT2D eigenvalue weighted by molar-refractivity contribution is 9.10. The highest BCUT2D eigenvalue weighted by atomic mass is 79.9. The molecule has 82 valence electrons. The molecular weight excluding hydrogens is 260 g/mol. The Morgan fingerprint density at radius 3 is 3.27 bits per heavy atom. The van der Waals surface area contributed by atoms with E-state index in [9.17, 15) is 4.79 Å². The third-order valence-corrected chi connectivity index (χ3v) is 3.57. The summed E-state index contributed by atoms with van der Waals surface area (Å²) in [5.41, 5.74) is 1.24. The molecule has 1 aromatic rings. The summed E-state index contributed by atoms with van der Waals surface area (Å²) in [5, 5.41) is 8.62. The van der Waals surface area contributed by atoms with Gasteiger partial charge in [0.25, 0.3) is 0 Å². The van der Waals surface area contributed by atoms with Crippen molar-refractivity contribution >= 4 is 21.9 Å². The molecule has 1 aliphatic heterocycles. The molecule has 15 heavy (non-hydrogen) atoms. The van der Waals surface area contributed by atoms with Crippen molar-refractivity contribution < 1.29 is 9.90 Å². The zero-order valence-corrected chi connectivity index (χ0v) is 9.90. The van der Waals surface area contributed by atoms with Crippen LogP contribution in [0.2, 0.25) is 0 Å². The standard InChI is InChI=1S/C10H13BrN2O2/c11-10-8-3-1-7(2-4-9(14)15)5-13(8)6-12-10/h6-7H,1-5H2,(H,14,15). The Kier molecular flexibility index (Phi) is 3.09. The summed E-state index contributed by atoms with van der Waals surface area (Å²) in [6, 6.07) is 0. The summed E-state index contributed by atoms with van der Waals surface area (Å²) in [7, 11) is 0. The Hall–Kier alpha value is -0.840. The molecule has 0 amide bonds. The average molecular weight is 273 g/mol. The van der Waals surface area contributed by atoms with Gasteiger partial charge in [0.15, 0.2) is 0 Å².